The molecule has 0 radical (unpaired) electrons. The minimum absolute atomic E-state index is 0.0960. The molecule has 84 valence electrons. The molecule has 2 atom stereocenters. The molecule has 2 N–H and O–H groups in total. The summed E-state index contributed by atoms with van der Waals surface area (Å²) in [6, 6.07) is 10.5. The molecular weight excluding hydrogens is 200 g/mol. The van der Waals surface area contributed by atoms with Gasteiger partial charge in [0.05, 0.1) is 6.04 Å². The van der Waals surface area contributed by atoms with Crippen molar-refractivity contribution in [3.8, 4) is 0 Å². The Labute approximate surface area is 95.5 Å². The molecule has 0 aromatic heterocycles. The lowest BCUT2D eigenvalue weighted by molar-refractivity contribution is -0.112. The Kier molecular flexibility index (Phi) is 3.49. The molecule has 2 unspecified atom stereocenters. The average Bonchev–Trinajstić information content (AvgIpc) is 2.75. The smallest absolute Gasteiger partial charge is 0.152 e. The van der Waals surface area contributed by atoms with Crippen molar-refractivity contribution in [2.75, 3.05) is 6.54 Å². The van der Waals surface area contributed by atoms with E-state index in [1.165, 1.54) is 5.56 Å². The molecule has 2 rings (SSSR count). The van der Waals surface area contributed by atoms with Crippen molar-refractivity contribution >= 4 is 5.78 Å². The first-order valence-electron chi connectivity index (χ1n) is 5.49. The zero-order valence-corrected chi connectivity index (χ0v) is 9.31. The summed E-state index contributed by atoms with van der Waals surface area (Å²) in [4.78, 5) is 10.9. The molecule has 1 aliphatic heterocycles. The first-order valence-corrected chi connectivity index (χ1v) is 5.49. The van der Waals surface area contributed by atoms with Crippen LogP contribution in [0.4, 0.5) is 0 Å². The molecular formula is C13H16N2O. The number of nitrogens with one attached hydrogen (secondary N) is 2. The first kappa shape index (κ1) is 11.0. The topological polar surface area (TPSA) is 41.1 Å². The Morgan fingerprint density at radius 1 is 1.38 bits per heavy atom. The minimum atomic E-state index is 0.0960. The van der Waals surface area contributed by atoms with Gasteiger partial charge in [0.15, 0.2) is 5.78 Å². The fraction of sp³-hybridized carbons (Fsp3) is 0.308. The van der Waals surface area contributed by atoms with Gasteiger partial charge in [-0.1, -0.05) is 36.4 Å². The van der Waals surface area contributed by atoms with Crippen LogP contribution in [0.25, 0.3) is 0 Å². The first-order chi connectivity index (χ1) is 7.77. The van der Waals surface area contributed by atoms with E-state index in [0.29, 0.717) is 5.92 Å². The number of ketones is 1. The van der Waals surface area contributed by atoms with Crippen LogP contribution in [-0.2, 0) is 4.79 Å². The van der Waals surface area contributed by atoms with Gasteiger partial charge in [-0.05, 0) is 18.6 Å². The summed E-state index contributed by atoms with van der Waals surface area (Å²) >= 11 is 0. The van der Waals surface area contributed by atoms with Gasteiger partial charge in [0.2, 0.25) is 0 Å². The second-order valence-electron chi connectivity index (χ2n) is 4.05. The van der Waals surface area contributed by atoms with E-state index in [1.807, 2.05) is 24.3 Å². The van der Waals surface area contributed by atoms with Crippen LogP contribution in [0.5, 0.6) is 0 Å². The average molecular weight is 216 g/mol. The second kappa shape index (κ2) is 5.05. The summed E-state index contributed by atoms with van der Waals surface area (Å²) < 4.78 is 0. The standard InChI is InChI=1S/C13H16N2O/c1-10(16)7-8-12-9-14-15-13(12)11-5-3-2-4-6-11/h2-8,12-15H,9H2,1H3/b8-7+. The summed E-state index contributed by atoms with van der Waals surface area (Å²) in [5.41, 5.74) is 7.61. The van der Waals surface area contributed by atoms with Crippen LogP contribution >= 0.6 is 0 Å². The Morgan fingerprint density at radius 3 is 2.81 bits per heavy atom. The Hall–Kier alpha value is -1.45. The quantitative estimate of drug-likeness (QED) is 0.754. The van der Waals surface area contributed by atoms with Gasteiger partial charge in [0.1, 0.15) is 0 Å². The minimum Gasteiger partial charge on any atom is -0.295 e. The Balaban J connectivity index is 2.12. The molecule has 1 aliphatic rings. The zero-order chi connectivity index (χ0) is 11.4. The fourth-order valence-electron chi connectivity index (χ4n) is 1.94. The number of carbonyl (C=O) groups is 1. The maximum absolute atomic E-state index is 10.9. The van der Waals surface area contributed by atoms with Crippen LogP contribution in [-0.4, -0.2) is 12.3 Å². The van der Waals surface area contributed by atoms with Crippen LogP contribution in [0, 0.1) is 5.92 Å². The monoisotopic (exact) mass is 216 g/mol. The highest BCUT2D eigenvalue weighted by Gasteiger charge is 2.25. The van der Waals surface area contributed by atoms with Crippen LogP contribution in [0.1, 0.15) is 18.5 Å². The van der Waals surface area contributed by atoms with Gasteiger partial charge >= 0.3 is 0 Å². The van der Waals surface area contributed by atoms with Crippen molar-refractivity contribution in [3.63, 3.8) is 0 Å². The number of rotatable bonds is 3. The molecule has 1 fully saturated rings. The molecule has 0 bridgehead atoms. The number of hydrogen-bond acceptors (Lipinski definition) is 3. The lowest BCUT2D eigenvalue weighted by Crippen LogP contribution is -2.24. The summed E-state index contributed by atoms with van der Waals surface area (Å²) in [6.07, 6.45) is 3.63. The van der Waals surface area contributed by atoms with Crippen molar-refractivity contribution in [2.24, 2.45) is 5.92 Å². The third kappa shape index (κ3) is 2.56. The van der Waals surface area contributed by atoms with Crippen molar-refractivity contribution in [1.82, 2.24) is 10.9 Å². The highest BCUT2D eigenvalue weighted by atomic mass is 16.1. The van der Waals surface area contributed by atoms with E-state index in [9.17, 15) is 4.79 Å². The molecule has 0 saturated carbocycles. The number of benzene rings is 1. The van der Waals surface area contributed by atoms with E-state index >= 15 is 0 Å². The van der Waals surface area contributed by atoms with Gasteiger partial charge in [0.25, 0.3) is 0 Å². The van der Waals surface area contributed by atoms with Gasteiger partial charge in [-0.15, -0.1) is 0 Å². The lowest BCUT2D eigenvalue weighted by atomic mass is 9.94. The van der Waals surface area contributed by atoms with Gasteiger partial charge in [-0.3, -0.25) is 10.2 Å². The van der Waals surface area contributed by atoms with Crippen molar-refractivity contribution in [1.29, 1.82) is 0 Å². The Bertz CT molecular complexity index is 386. The molecule has 1 heterocycles. The summed E-state index contributed by atoms with van der Waals surface area (Å²) in [5.74, 6) is 0.421. The highest BCUT2D eigenvalue weighted by Crippen LogP contribution is 2.25. The van der Waals surface area contributed by atoms with Crippen molar-refractivity contribution in [2.45, 2.75) is 13.0 Å². The third-order valence-electron chi connectivity index (χ3n) is 2.76. The largest absolute Gasteiger partial charge is 0.295 e. The van der Waals surface area contributed by atoms with Crippen molar-refractivity contribution < 1.29 is 4.79 Å². The molecule has 0 amide bonds. The van der Waals surface area contributed by atoms with E-state index in [4.69, 9.17) is 0 Å². The predicted octanol–water partition coefficient (Wildman–Crippen LogP) is 1.60. The lowest BCUT2D eigenvalue weighted by Gasteiger charge is -2.15. The number of hydrazine groups is 1. The number of allylic oxidation sites excluding steroid dienone is 1. The van der Waals surface area contributed by atoms with Gasteiger partial charge in [0, 0.05) is 12.5 Å². The van der Waals surface area contributed by atoms with Gasteiger partial charge < -0.3 is 0 Å². The van der Waals surface area contributed by atoms with Crippen LogP contribution in [0.2, 0.25) is 0 Å². The molecule has 3 nitrogen and oxygen atoms in total. The zero-order valence-electron chi connectivity index (χ0n) is 9.31. The van der Waals surface area contributed by atoms with Gasteiger partial charge in [-0.2, -0.15) is 0 Å². The normalized spacial score (nSPS) is 25.1. The summed E-state index contributed by atoms with van der Waals surface area (Å²) in [5, 5.41) is 0. The number of carbonyl (C=O) groups excluding carboxylic acids is 1. The molecule has 1 saturated heterocycles. The van der Waals surface area contributed by atoms with E-state index in [2.05, 4.69) is 23.0 Å². The fourth-order valence-corrected chi connectivity index (χ4v) is 1.94. The van der Waals surface area contributed by atoms with Crippen LogP contribution in [0.3, 0.4) is 0 Å². The van der Waals surface area contributed by atoms with E-state index in [1.54, 1.807) is 13.0 Å². The van der Waals surface area contributed by atoms with Crippen molar-refractivity contribution in [3.05, 3.63) is 48.0 Å². The second-order valence-corrected chi connectivity index (χ2v) is 4.05. The Morgan fingerprint density at radius 2 is 2.12 bits per heavy atom. The molecule has 16 heavy (non-hydrogen) atoms. The van der Waals surface area contributed by atoms with E-state index < -0.39 is 0 Å². The van der Waals surface area contributed by atoms with Gasteiger partial charge in [-0.25, -0.2) is 5.43 Å². The maximum Gasteiger partial charge on any atom is 0.152 e. The third-order valence-corrected chi connectivity index (χ3v) is 2.76. The van der Waals surface area contributed by atoms with Crippen LogP contribution < -0.4 is 10.9 Å². The van der Waals surface area contributed by atoms with E-state index in [0.717, 1.165) is 6.54 Å². The SMILES string of the molecule is CC(=O)/C=C/C1CNNC1c1ccccc1. The molecule has 3 heteroatoms. The molecule has 1 aromatic carbocycles. The maximum atomic E-state index is 10.9. The van der Waals surface area contributed by atoms with Crippen LogP contribution in [0.15, 0.2) is 42.5 Å². The number of hydrogen-bond donors (Lipinski definition) is 2. The molecule has 0 aliphatic carbocycles. The summed E-state index contributed by atoms with van der Waals surface area (Å²) in [7, 11) is 0. The molecule has 1 aromatic rings. The molecule has 0 spiro atoms. The van der Waals surface area contributed by atoms with E-state index in [-0.39, 0.29) is 11.8 Å². The predicted molar refractivity (Wildman–Crippen MR) is 63.6 cm³/mol. The highest BCUT2D eigenvalue weighted by molar-refractivity contribution is 5.87. The summed E-state index contributed by atoms with van der Waals surface area (Å²) in [6.45, 7) is 2.42.